The third-order valence-electron chi connectivity index (χ3n) is 11.0. The molecule has 1 aromatic rings. The molecule has 3 fully saturated rings. The number of carbonyl (C=O) groups is 9. The molecule has 0 radical (unpaired) electrons. The van der Waals surface area contributed by atoms with Crippen LogP contribution in [0.3, 0.4) is 0 Å². The SMILES string of the molecule is COC(=O)COCCOCCOC1OC(COC2OC(COC(C)=O)C(OC3OC(COC(C)=O)C(OC(C)=O)C(OC(C)=O)C3OC(C)=O)C(OC(C)=O)C2OC(C)=O)C(O)C(OCc2ccccc2)C1NC(C)=O. The number of esters is 8. The first-order valence-electron chi connectivity index (χ1n) is 23.9. The second-order valence-corrected chi connectivity index (χ2v) is 17.1. The summed E-state index contributed by atoms with van der Waals surface area (Å²) in [4.78, 5) is 112. The number of ether oxygens (including phenoxy) is 17. The zero-order chi connectivity index (χ0) is 56.1. The molecule has 0 aliphatic carbocycles. The lowest BCUT2D eigenvalue weighted by Crippen LogP contribution is -2.68. The molecule has 3 heterocycles. The van der Waals surface area contributed by atoms with Crippen LogP contribution in [-0.4, -0.2) is 211 Å². The maximum atomic E-state index is 13.0. The highest BCUT2D eigenvalue weighted by atomic mass is 16.8. The largest absolute Gasteiger partial charge is 0.467 e. The van der Waals surface area contributed by atoms with Crippen LogP contribution in [0.1, 0.15) is 61.0 Å². The smallest absolute Gasteiger partial charge is 0.331 e. The fraction of sp³-hybridized carbons (Fsp3) is 0.688. The van der Waals surface area contributed by atoms with Crippen molar-refractivity contribution < 1.29 is 129 Å². The fourth-order valence-corrected chi connectivity index (χ4v) is 8.00. The van der Waals surface area contributed by atoms with Crippen molar-refractivity contribution in [3.8, 4) is 0 Å². The summed E-state index contributed by atoms with van der Waals surface area (Å²) in [6.07, 6.45) is -23.0. The van der Waals surface area contributed by atoms with Gasteiger partial charge in [-0.05, 0) is 5.56 Å². The number of methoxy groups -OCH3 is 1. The standard InChI is InChI=1S/C48H67NO27/c1-24(50)49-37-41(66-19-32-13-11-10-12-14-32)38(59)33(73-46(37)63-18-17-61-15-16-62-23-36(58)60-9)20-67-47-44(71-30(7)56)43(70-29(6)55)40(35(74-47)22-65-26(3)52)76-48-45(72-31(8)57)42(69-28(5)54)39(68-27(4)53)34(75-48)21-64-25(2)51/h10-14,33-35,37-48,59H,15-23H2,1-9H3,(H,49,50). The highest BCUT2D eigenvalue weighted by Crippen LogP contribution is 2.36. The summed E-state index contributed by atoms with van der Waals surface area (Å²) >= 11 is 0. The molecule has 2 N–H and O–H groups in total. The highest BCUT2D eigenvalue weighted by molar-refractivity contribution is 5.73. The molecule has 15 unspecified atom stereocenters. The Balaban J connectivity index is 1.72. The molecule has 1 aromatic carbocycles. The van der Waals surface area contributed by atoms with Crippen LogP contribution in [0, 0.1) is 0 Å². The van der Waals surface area contributed by atoms with E-state index in [4.69, 9.17) is 75.8 Å². The summed E-state index contributed by atoms with van der Waals surface area (Å²) in [7, 11) is 1.22. The molecule has 0 spiro atoms. The van der Waals surface area contributed by atoms with Crippen molar-refractivity contribution in [3.05, 3.63) is 35.9 Å². The predicted molar refractivity (Wildman–Crippen MR) is 246 cm³/mol. The van der Waals surface area contributed by atoms with E-state index in [1.807, 2.05) is 0 Å². The van der Waals surface area contributed by atoms with E-state index in [1.165, 1.54) is 14.0 Å². The third-order valence-corrected chi connectivity index (χ3v) is 11.0. The summed E-state index contributed by atoms with van der Waals surface area (Å²) in [6.45, 7) is 5.98. The molecular weight excluding hydrogens is 1020 g/mol. The summed E-state index contributed by atoms with van der Waals surface area (Å²) in [5.74, 6) is -7.57. The first-order chi connectivity index (χ1) is 36.1. The number of rotatable bonds is 27. The van der Waals surface area contributed by atoms with Gasteiger partial charge in [0.1, 0.15) is 62.5 Å². The Labute approximate surface area is 436 Å². The number of aliphatic hydroxyl groups is 1. The number of amides is 1. The molecule has 28 heteroatoms. The van der Waals surface area contributed by atoms with Crippen LogP contribution in [0.5, 0.6) is 0 Å². The van der Waals surface area contributed by atoms with Gasteiger partial charge >= 0.3 is 47.8 Å². The van der Waals surface area contributed by atoms with Gasteiger partial charge in [-0.2, -0.15) is 0 Å². The van der Waals surface area contributed by atoms with Crippen molar-refractivity contribution in [1.29, 1.82) is 0 Å². The minimum atomic E-state index is -1.93. The first kappa shape index (κ1) is 62.6. The molecule has 0 saturated carbocycles. The fourth-order valence-electron chi connectivity index (χ4n) is 8.00. The van der Waals surface area contributed by atoms with E-state index in [0.29, 0.717) is 5.56 Å². The van der Waals surface area contributed by atoms with E-state index in [9.17, 15) is 48.3 Å². The number of hydrogen-bond donors (Lipinski definition) is 2. The number of carbonyl (C=O) groups excluding carboxylic acids is 9. The Kier molecular flexibility index (Phi) is 25.8. The normalized spacial score (nSPS) is 29.1. The van der Waals surface area contributed by atoms with E-state index in [1.54, 1.807) is 30.3 Å². The first-order valence-corrected chi connectivity index (χ1v) is 23.9. The van der Waals surface area contributed by atoms with Gasteiger partial charge in [0, 0.05) is 55.4 Å². The number of benzene rings is 1. The molecule has 0 aromatic heterocycles. The minimum absolute atomic E-state index is 0.0322. The lowest BCUT2D eigenvalue weighted by atomic mass is 9.95. The monoisotopic (exact) mass is 1090 g/mol. The predicted octanol–water partition coefficient (Wildman–Crippen LogP) is -0.979. The Morgan fingerprint density at radius 1 is 0.500 bits per heavy atom. The average Bonchev–Trinajstić information content (AvgIpc) is 3.33. The van der Waals surface area contributed by atoms with E-state index >= 15 is 0 Å². The Morgan fingerprint density at radius 2 is 0.987 bits per heavy atom. The van der Waals surface area contributed by atoms with Gasteiger partial charge in [0.2, 0.25) is 5.91 Å². The quantitative estimate of drug-likeness (QED) is 0.0607. The van der Waals surface area contributed by atoms with Crippen LogP contribution in [0.2, 0.25) is 0 Å². The van der Waals surface area contributed by atoms with E-state index in [2.05, 4.69) is 10.1 Å². The van der Waals surface area contributed by atoms with Gasteiger partial charge in [0.25, 0.3) is 0 Å². The molecule has 4 rings (SSSR count). The lowest BCUT2D eigenvalue weighted by Gasteiger charge is -2.49. The molecular formula is C48H67NO27. The maximum absolute atomic E-state index is 13.0. The third kappa shape index (κ3) is 20.2. The number of aliphatic hydroxyl groups excluding tert-OH is 1. The second-order valence-electron chi connectivity index (χ2n) is 17.1. The van der Waals surface area contributed by atoms with Crippen molar-refractivity contribution in [2.75, 3.05) is 60.0 Å². The van der Waals surface area contributed by atoms with E-state index < -0.39 is 166 Å². The summed E-state index contributed by atoms with van der Waals surface area (Å²) < 4.78 is 97.4. The zero-order valence-electron chi connectivity index (χ0n) is 43.5. The maximum Gasteiger partial charge on any atom is 0.331 e. The zero-order valence-corrected chi connectivity index (χ0v) is 43.5. The highest BCUT2D eigenvalue weighted by Gasteiger charge is 2.58. The van der Waals surface area contributed by atoms with Crippen molar-refractivity contribution in [3.63, 3.8) is 0 Å². The minimum Gasteiger partial charge on any atom is -0.467 e. The van der Waals surface area contributed by atoms with Gasteiger partial charge in [-0.1, -0.05) is 30.3 Å². The molecule has 3 aliphatic rings. The van der Waals surface area contributed by atoms with Crippen LogP contribution in [0.25, 0.3) is 0 Å². The van der Waals surface area contributed by atoms with Gasteiger partial charge in [-0.25, -0.2) is 4.79 Å². The van der Waals surface area contributed by atoms with Crippen LogP contribution in [0.4, 0.5) is 0 Å². The topological polar surface area (TPSA) is 343 Å². The Morgan fingerprint density at radius 3 is 1.54 bits per heavy atom. The molecule has 28 nitrogen and oxygen atoms in total. The lowest BCUT2D eigenvalue weighted by molar-refractivity contribution is -0.365. The van der Waals surface area contributed by atoms with Gasteiger partial charge in [0.05, 0.1) is 46.8 Å². The molecule has 3 aliphatic heterocycles. The summed E-state index contributed by atoms with van der Waals surface area (Å²) in [6, 6.07) is 7.73. The van der Waals surface area contributed by atoms with Crippen LogP contribution in [-0.2, 0) is 130 Å². The average molecular weight is 1090 g/mol. The molecule has 15 atom stereocenters. The van der Waals surface area contributed by atoms with Crippen molar-refractivity contribution in [2.24, 2.45) is 0 Å². The summed E-state index contributed by atoms with van der Waals surface area (Å²) in [5.41, 5.74) is 0.701. The second kappa shape index (κ2) is 31.3. The van der Waals surface area contributed by atoms with E-state index in [0.717, 1.165) is 48.5 Å². The van der Waals surface area contributed by atoms with E-state index in [-0.39, 0.29) is 39.6 Å². The number of nitrogens with one attached hydrogen (secondary N) is 1. The van der Waals surface area contributed by atoms with Crippen molar-refractivity contribution in [2.45, 2.75) is 154 Å². The van der Waals surface area contributed by atoms with Crippen LogP contribution >= 0.6 is 0 Å². The molecule has 3 saturated heterocycles. The number of hydrogen-bond acceptors (Lipinski definition) is 27. The van der Waals surface area contributed by atoms with Crippen molar-refractivity contribution >= 4 is 53.7 Å². The molecule has 76 heavy (non-hydrogen) atoms. The van der Waals surface area contributed by atoms with Crippen LogP contribution in [0.15, 0.2) is 30.3 Å². The Hall–Kier alpha value is -5.95. The van der Waals surface area contributed by atoms with Gasteiger partial charge in [-0.3, -0.25) is 38.4 Å². The molecule has 0 bridgehead atoms. The van der Waals surface area contributed by atoms with Crippen molar-refractivity contribution in [1.82, 2.24) is 5.32 Å². The van der Waals surface area contributed by atoms with Gasteiger partial charge < -0.3 is 90.9 Å². The van der Waals surface area contributed by atoms with Gasteiger partial charge in [0.15, 0.2) is 49.4 Å². The van der Waals surface area contributed by atoms with Gasteiger partial charge in [-0.15, -0.1) is 0 Å². The van der Waals surface area contributed by atoms with Crippen LogP contribution < -0.4 is 5.32 Å². The molecule has 426 valence electrons. The Bertz CT molecular complexity index is 2090. The molecule has 1 amide bonds. The summed E-state index contributed by atoms with van der Waals surface area (Å²) in [5, 5.41) is 14.7.